The number of Topliss-reactive ketones (excluding diaryl/α,β-unsaturated/α-hetero) is 1. The van der Waals surface area contributed by atoms with Crippen LogP contribution in [0.15, 0.2) is 53.7 Å². The number of aromatic nitrogens is 4. The average molecular weight is 381 g/mol. The number of carbonyl (C=O) groups is 2. The van der Waals surface area contributed by atoms with Gasteiger partial charge in [-0.25, -0.2) is 0 Å². The van der Waals surface area contributed by atoms with Crippen LogP contribution < -0.4 is 5.32 Å². The van der Waals surface area contributed by atoms with Gasteiger partial charge in [0.1, 0.15) is 0 Å². The number of rotatable bonds is 6. The zero-order valence-corrected chi connectivity index (χ0v) is 16.0. The lowest BCUT2D eigenvalue weighted by atomic mass is 10.1. The number of hydrogen-bond acceptors (Lipinski definition) is 6. The van der Waals surface area contributed by atoms with E-state index in [4.69, 9.17) is 0 Å². The van der Waals surface area contributed by atoms with E-state index in [1.54, 1.807) is 35.9 Å². The Morgan fingerprint density at radius 2 is 1.93 bits per heavy atom. The molecule has 0 saturated carbocycles. The van der Waals surface area contributed by atoms with Crippen molar-refractivity contribution in [3.8, 4) is 5.69 Å². The molecule has 1 atom stereocenters. The highest BCUT2D eigenvalue weighted by Crippen LogP contribution is 2.25. The van der Waals surface area contributed by atoms with Gasteiger partial charge >= 0.3 is 0 Å². The van der Waals surface area contributed by atoms with E-state index in [9.17, 15) is 9.59 Å². The van der Waals surface area contributed by atoms with Crippen molar-refractivity contribution in [1.82, 2.24) is 20.2 Å². The molecule has 0 saturated heterocycles. The lowest BCUT2D eigenvalue weighted by Crippen LogP contribution is -2.24. The van der Waals surface area contributed by atoms with Gasteiger partial charge in [0.05, 0.1) is 16.6 Å². The number of para-hydroxylation sites is 1. The summed E-state index contributed by atoms with van der Waals surface area (Å²) >= 11 is 1.25. The van der Waals surface area contributed by atoms with E-state index in [-0.39, 0.29) is 11.7 Å². The highest BCUT2D eigenvalue weighted by molar-refractivity contribution is 8.00. The minimum absolute atomic E-state index is 0.102. The van der Waals surface area contributed by atoms with Crippen LogP contribution >= 0.6 is 11.8 Å². The number of carbonyl (C=O) groups excluding carboxylic acids is 2. The van der Waals surface area contributed by atoms with Crippen molar-refractivity contribution < 1.29 is 9.59 Å². The lowest BCUT2D eigenvalue weighted by Gasteiger charge is -2.13. The van der Waals surface area contributed by atoms with Gasteiger partial charge in [0.15, 0.2) is 5.78 Å². The number of thioether (sulfide) groups is 1. The van der Waals surface area contributed by atoms with E-state index in [0.29, 0.717) is 16.4 Å². The van der Waals surface area contributed by atoms with Crippen molar-refractivity contribution in [3.63, 3.8) is 0 Å². The number of tetrazole rings is 1. The minimum Gasteiger partial charge on any atom is -0.324 e. The second-order valence-electron chi connectivity index (χ2n) is 6.06. The van der Waals surface area contributed by atoms with Crippen molar-refractivity contribution >= 4 is 29.1 Å². The summed E-state index contributed by atoms with van der Waals surface area (Å²) in [7, 11) is 0. The first-order valence-corrected chi connectivity index (χ1v) is 9.26. The maximum Gasteiger partial charge on any atom is 0.237 e. The van der Waals surface area contributed by atoms with Crippen molar-refractivity contribution in [1.29, 1.82) is 0 Å². The van der Waals surface area contributed by atoms with E-state index < -0.39 is 5.25 Å². The highest BCUT2D eigenvalue weighted by Gasteiger charge is 2.20. The van der Waals surface area contributed by atoms with Gasteiger partial charge in [-0.3, -0.25) is 9.59 Å². The molecule has 1 N–H and O–H groups in total. The smallest absolute Gasteiger partial charge is 0.237 e. The number of benzene rings is 2. The fraction of sp³-hybridized carbons (Fsp3) is 0.211. The largest absolute Gasteiger partial charge is 0.324 e. The van der Waals surface area contributed by atoms with Crippen LogP contribution in [0.4, 0.5) is 5.69 Å². The number of ketones is 1. The van der Waals surface area contributed by atoms with Gasteiger partial charge in [0.25, 0.3) is 0 Å². The molecule has 0 fully saturated rings. The summed E-state index contributed by atoms with van der Waals surface area (Å²) in [5.74, 6) is -0.331. The van der Waals surface area contributed by atoms with Gasteiger partial charge < -0.3 is 5.32 Å². The maximum absolute atomic E-state index is 12.6. The SMILES string of the molecule is CC(=O)c1ccccc1NC(=O)C(C)Sc1nnnn1-c1cccc(C)c1. The van der Waals surface area contributed by atoms with Crippen LogP contribution in [0.2, 0.25) is 0 Å². The first kappa shape index (κ1) is 18.8. The van der Waals surface area contributed by atoms with E-state index >= 15 is 0 Å². The summed E-state index contributed by atoms with van der Waals surface area (Å²) in [5.41, 5.74) is 2.90. The molecule has 7 nitrogen and oxygen atoms in total. The molecule has 0 radical (unpaired) electrons. The summed E-state index contributed by atoms with van der Waals surface area (Å²) in [4.78, 5) is 24.3. The molecule has 0 bridgehead atoms. The molecule has 8 heteroatoms. The first-order valence-electron chi connectivity index (χ1n) is 8.38. The molecule has 3 aromatic rings. The summed E-state index contributed by atoms with van der Waals surface area (Å²) in [6.07, 6.45) is 0. The van der Waals surface area contributed by atoms with Crippen LogP contribution in [0.5, 0.6) is 0 Å². The van der Waals surface area contributed by atoms with Crippen LogP contribution in [0.25, 0.3) is 5.69 Å². The van der Waals surface area contributed by atoms with Crippen LogP contribution in [-0.2, 0) is 4.79 Å². The van der Waals surface area contributed by atoms with Crippen molar-refractivity contribution in [2.75, 3.05) is 5.32 Å². The monoisotopic (exact) mass is 381 g/mol. The van der Waals surface area contributed by atoms with Crippen molar-refractivity contribution in [2.45, 2.75) is 31.2 Å². The van der Waals surface area contributed by atoms with Gasteiger partial charge in [-0.1, -0.05) is 36.0 Å². The number of anilines is 1. The Balaban J connectivity index is 1.75. The van der Waals surface area contributed by atoms with Crippen LogP contribution in [0.1, 0.15) is 29.8 Å². The summed E-state index contributed by atoms with van der Waals surface area (Å²) in [6, 6.07) is 14.7. The van der Waals surface area contributed by atoms with Gasteiger partial charge in [0, 0.05) is 5.56 Å². The topological polar surface area (TPSA) is 89.8 Å². The molecule has 0 aliphatic carbocycles. The van der Waals surface area contributed by atoms with Crippen LogP contribution in [0, 0.1) is 6.92 Å². The molecule has 1 heterocycles. The summed E-state index contributed by atoms with van der Waals surface area (Å²) in [6.45, 7) is 5.23. The number of aryl methyl sites for hydroxylation is 1. The van der Waals surface area contributed by atoms with Gasteiger partial charge in [-0.2, -0.15) is 4.68 Å². The van der Waals surface area contributed by atoms with Crippen LogP contribution in [0.3, 0.4) is 0 Å². The predicted molar refractivity (Wildman–Crippen MR) is 104 cm³/mol. The second-order valence-corrected chi connectivity index (χ2v) is 7.37. The Morgan fingerprint density at radius 1 is 1.15 bits per heavy atom. The molecular formula is C19H19N5O2S. The Morgan fingerprint density at radius 3 is 2.67 bits per heavy atom. The Hall–Kier alpha value is -3.00. The lowest BCUT2D eigenvalue weighted by molar-refractivity contribution is -0.115. The van der Waals surface area contributed by atoms with E-state index in [1.807, 2.05) is 31.2 Å². The quantitative estimate of drug-likeness (QED) is 0.520. The Kier molecular flexibility index (Phi) is 5.66. The third-order valence-electron chi connectivity index (χ3n) is 3.90. The molecule has 2 aromatic carbocycles. The minimum atomic E-state index is -0.459. The number of amides is 1. The first-order chi connectivity index (χ1) is 13.0. The molecule has 0 spiro atoms. The van der Waals surface area contributed by atoms with Crippen molar-refractivity contribution in [2.24, 2.45) is 0 Å². The number of nitrogens with zero attached hydrogens (tertiary/aromatic N) is 4. The molecule has 138 valence electrons. The molecule has 0 aliphatic rings. The Bertz CT molecular complexity index is 985. The predicted octanol–water partition coefficient (Wildman–Crippen LogP) is 3.29. The van der Waals surface area contributed by atoms with Crippen molar-refractivity contribution in [3.05, 3.63) is 59.7 Å². The van der Waals surface area contributed by atoms with Gasteiger partial charge in [-0.05, 0) is 61.0 Å². The van der Waals surface area contributed by atoms with Gasteiger partial charge in [0.2, 0.25) is 11.1 Å². The maximum atomic E-state index is 12.6. The zero-order chi connectivity index (χ0) is 19.4. The molecule has 1 unspecified atom stereocenters. The molecule has 27 heavy (non-hydrogen) atoms. The summed E-state index contributed by atoms with van der Waals surface area (Å²) in [5, 5.41) is 14.6. The summed E-state index contributed by atoms with van der Waals surface area (Å²) < 4.78 is 1.60. The van der Waals surface area contributed by atoms with Gasteiger partial charge in [-0.15, -0.1) is 5.10 Å². The van der Waals surface area contributed by atoms with Crippen LogP contribution in [-0.4, -0.2) is 37.1 Å². The number of hydrogen-bond donors (Lipinski definition) is 1. The van der Waals surface area contributed by atoms with E-state index in [2.05, 4.69) is 20.8 Å². The third kappa shape index (κ3) is 4.40. The molecule has 0 aliphatic heterocycles. The third-order valence-corrected chi connectivity index (χ3v) is 4.94. The number of nitrogens with one attached hydrogen (secondary N) is 1. The molecule has 1 aromatic heterocycles. The molecule has 1 amide bonds. The fourth-order valence-electron chi connectivity index (χ4n) is 2.52. The molecule has 3 rings (SSSR count). The average Bonchev–Trinajstić information content (AvgIpc) is 3.10. The standard InChI is InChI=1S/C19H19N5O2S/c1-12-7-6-8-15(11-12)24-19(21-22-23-24)27-14(3)18(26)20-17-10-5-4-9-16(17)13(2)25/h4-11,14H,1-3H3,(H,20,26). The highest BCUT2D eigenvalue weighted by atomic mass is 32.2. The zero-order valence-electron chi connectivity index (χ0n) is 15.2. The normalized spacial score (nSPS) is 11.8. The second kappa shape index (κ2) is 8.13. The van der Waals surface area contributed by atoms with E-state index in [0.717, 1.165) is 11.3 Å². The Labute approximate surface area is 161 Å². The fourth-order valence-corrected chi connectivity index (χ4v) is 3.33. The molecular weight excluding hydrogens is 362 g/mol. The van der Waals surface area contributed by atoms with E-state index in [1.165, 1.54) is 18.7 Å².